The summed E-state index contributed by atoms with van der Waals surface area (Å²) in [5, 5.41) is 5.59. The predicted octanol–water partition coefficient (Wildman–Crippen LogP) is 12.7. The Balaban J connectivity index is 0.000000866. The van der Waals surface area contributed by atoms with E-state index in [0.717, 1.165) is 33.4 Å². The number of aromatic nitrogens is 2. The van der Waals surface area contributed by atoms with Crippen LogP contribution >= 0.6 is 15.6 Å². The normalized spacial score (nSPS) is 13.6. The summed E-state index contributed by atoms with van der Waals surface area (Å²) in [4.78, 5) is 49.2. The molecule has 2 amide bonds. The summed E-state index contributed by atoms with van der Waals surface area (Å²) in [6.45, 7) is 12.7. The third kappa shape index (κ3) is 27.0. The van der Waals surface area contributed by atoms with Crippen LogP contribution in [0.25, 0.3) is 11.1 Å². The zero-order valence-electron chi connectivity index (χ0n) is 35.3. The SMILES string of the molecule is Cc1ccc(CC(=O)OCC[n+]2ccc(-c3cc[n+](CCOC(=O)Nc4ccc(C)c(NC(=O)C(C)C)c4)cc3)cc2)cc1CC(=O)C(C)C.F[P-](F)(F)(F)(F)F.F[P-](F)(F)(F)(F)F. The second-order valence-corrected chi connectivity index (χ2v) is 18.8. The molecular weight excluding hydrogens is 922 g/mol. The van der Waals surface area contributed by atoms with Crippen molar-refractivity contribution < 1.29 is 88.1 Å². The van der Waals surface area contributed by atoms with Crippen molar-refractivity contribution in [3.8, 4) is 11.1 Å². The van der Waals surface area contributed by atoms with Gasteiger partial charge in [0, 0.05) is 53.9 Å². The van der Waals surface area contributed by atoms with Gasteiger partial charge in [0.05, 0.1) is 6.42 Å². The van der Waals surface area contributed by atoms with Crippen LogP contribution in [0.2, 0.25) is 0 Å². The van der Waals surface area contributed by atoms with Gasteiger partial charge >= 0.3 is 78.0 Å². The Bertz CT molecular complexity index is 2100. The first-order valence-electron chi connectivity index (χ1n) is 19.0. The number of anilines is 2. The van der Waals surface area contributed by atoms with Crippen molar-refractivity contribution in [1.29, 1.82) is 0 Å². The van der Waals surface area contributed by atoms with E-state index in [4.69, 9.17) is 9.47 Å². The molecule has 10 nitrogen and oxygen atoms in total. The Morgan fingerprint density at radius 2 is 1.03 bits per heavy atom. The molecule has 2 aromatic carbocycles. The number of ether oxygens (including phenoxy) is 2. The van der Waals surface area contributed by atoms with E-state index in [9.17, 15) is 69.5 Å². The number of ketones is 1. The first-order chi connectivity index (χ1) is 28.8. The van der Waals surface area contributed by atoms with Crippen molar-refractivity contribution >= 4 is 50.7 Å². The Morgan fingerprint density at radius 3 is 1.48 bits per heavy atom. The van der Waals surface area contributed by atoms with E-state index in [1.54, 1.807) is 12.1 Å². The molecule has 4 rings (SSSR count). The molecule has 0 aliphatic carbocycles. The van der Waals surface area contributed by atoms with E-state index in [1.807, 2.05) is 124 Å². The summed E-state index contributed by atoms with van der Waals surface area (Å²) in [7, 11) is -21.3. The van der Waals surface area contributed by atoms with Gasteiger partial charge in [-0.2, -0.15) is 0 Å². The fraction of sp³-hybridized carbons (Fsp3) is 0.350. The number of nitrogens with zero attached hydrogens (tertiary/aromatic N) is 2. The number of Topliss-reactive ketones (excluding diaryl/α,β-unsaturated/α-hetero) is 1. The molecule has 0 aliphatic heterocycles. The van der Waals surface area contributed by atoms with Gasteiger partial charge in [0.25, 0.3) is 0 Å². The molecule has 0 unspecified atom stereocenters. The molecule has 4 aromatic rings. The van der Waals surface area contributed by atoms with E-state index in [0.29, 0.717) is 30.9 Å². The molecule has 0 bridgehead atoms. The third-order valence-electron chi connectivity index (χ3n) is 8.35. The monoisotopic (exact) mass is 970 g/mol. The number of esters is 1. The van der Waals surface area contributed by atoms with Crippen LogP contribution < -0.4 is 19.8 Å². The molecule has 358 valence electrons. The number of amides is 2. The van der Waals surface area contributed by atoms with Crippen molar-refractivity contribution in [3.05, 3.63) is 108 Å². The van der Waals surface area contributed by atoms with Gasteiger partial charge in [-0.3, -0.25) is 19.7 Å². The summed E-state index contributed by atoms with van der Waals surface area (Å²) in [5.74, 6) is -0.392. The number of nitrogens with one attached hydrogen (secondary N) is 2. The van der Waals surface area contributed by atoms with Crippen LogP contribution in [0, 0.1) is 25.7 Å². The van der Waals surface area contributed by atoms with Gasteiger partial charge in [0.15, 0.2) is 51.1 Å². The average molecular weight is 971 g/mol. The first-order valence-corrected chi connectivity index (χ1v) is 23.1. The second kappa shape index (κ2) is 19.8. The van der Waals surface area contributed by atoms with E-state index in [2.05, 4.69) is 10.6 Å². The zero-order valence-corrected chi connectivity index (χ0v) is 37.0. The van der Waals surface area contributed by atoms with Gasteiger partial charge in [-0.05, 0) is 59.4 Å². The number of pyridine rings is 2. The van der Waals surface area contributed by atoms with E-state index in [-0.39, 0.29) is 49.1 Å². The summed E-state index contributed by atoms with van der Waals surface area (Å²) >= 11 is 0. The van der Waals surface area contributed by atoms with Crippen molar-refractivity contribution in [1.82, 2.24) is 0 Å². The van der Waals surface area contributed by atoms with Gasteiger partial charge in [0.2, 0.25) is 5.91 Å². The molecule has 2 aromatic heterocycles. The number of carbonyl (C=O) groups excluding carboxylic acids is 4. The van der Waals surface area contributed by atoms with E-state index in [1.165, 1.54) is 0 Å². The van der Waals surface area contributed by atoms with E-state index < -0.39 is 21.7 Å². The summed E-state index contributed by atoms with van der Waals surface area (Å²) < 4.78 is 133. The zero-order chi connectivity index (χ0) is 49.0. The van der Waals surface area contributed by atoms with Crippen molar-refractivity contribution in [2.75, 3.05) is 23.8 Å². The second-order valence-electron chi connectivity index (χ2n) is 15.0. The fourth-order valence-electron chi connectivity index (χ4n) is 5.01. The number of halogens is 12. The number of benzene rings is 2. The van der Waals surface area contributed by atoms with Gasteiger partial charge in [-0.15, -0.1) is 0 Å². The molecule has 0 saturated heterocycles. The summed E-state index contributed by atoms with van der Waals surface area (Å²) in [5.41, 5.74) is 6.99. The van der Waals surface area contributed by atoms with Crippen LogP contribution in [0.3, 0.4) is 0 Å². The Morgan fingerprint density at radius 1 is 0.578 bits per heavy atom. The molecule has 24 heteroatoms. The Hall–Kier alpha value is -5.36. The van der Waals surface area contributed by atoms with Crippen molar-refractivity contribution in [2.24, 2.45) is 11.8 Å². The van der Waals surface area contributed by atoms with Gasteiger partial charge in [-0.1, -0.05) is 52.0 Å². The molecule has 64 heavy (non-hydrogen) atoms. The molecule has 0 spiro atoms. The van der Waals surface area contributed by atoms with Gasteiger partial charge in [0.1, 0.15) is 5.78 Å². The molecule has 0 fully saturated rings. The topological polar surface area (TPSA) is 119 Å². The number of hydrogen-bond donors (Lipinski definition) is 2. The summed E-state index contributed by atoms with van der Waals surface area (Å²) in [6, 6.07) is 19.1. The molecule has 2 heterocycles. The minimum absolute atomic E-state index is 0.0257. The number of aryl methyl sites for hydroxylation is 2. The molecule has 2 N–H and O–H groups in total. The standard InChI is InChI=1S/C40H46N4O6.2F6P/c1-27(2)37(45)25-34-23-31(9-7-29(34)5)24-38(46)49-21-19-43-15-11-32(12-16-43)33-13-17-44(18-14-33)20-22-50-40(48)41-35-10-8-30(6)36(26-35)42-39(47)28(3)4;2*1-7(2,3,4,5)6/h7-18,23,26-28H,19-22,24-25H2,1-6H3;;/q;2*-1/p+2. The number of carbonyl (C=O) groups is 4. The third-order valence-corrected chi connectivity index (χ3v) is 8.35. The van der Waals surface area contributed by atoms with Gasteiger partial charge in [-0.25, -0.2) is 13.9 Å². The first kappa shape index (κ1) is 54.8. The van der Waals surface area contributed by atoms with Crippen molar-refractivity contribution in [3.63, 3.8) is 0 Å². The minimum atomic E-state index is -10.7. The van der Waals surface area contributed by atoms with Crippen molar-refractivity contribution in [2.45, 2.75) is 67.5 Å². The van der Waals surface area contributed by atoms with Crippen LogP contribution in [-0.4, -0.2) is 37.0 Å². The summed E-state index contributed by atoms with van der Waals surface area (Å²) in [6.07, 6.45) is 7.72. The quantitative estimate of drug-likeness (QED) is 0.0530. The molecule has 0 aliphatic rings. The fourth-order valence-corrected chi connectivity index (χ4v) is 5.01. The van der Waals surface area contributed by atoms with Gasteiger partial charge < -0.3 is 14.8 Å². The maximum absolute atomic E-state index is 12.5. The van der Waals surface area contributed by atoms with Crippen LogP contribution in [-0.2, 0) is 49.8 Å². The predicted molar refractivity (Wildman–Crippen MR) is 218 cm³/mol. The van der Waals surface area contributed by atoms with Crippen LogP contribution in [0.5, 0.6) is 0 Å². The molecule has 0 radical (unpaired) electrons. The van der Waals surface area contributed by atoms with Crippen LogP contribution in [0.4, 0.5) is 66.5 Å². The molecule has 0 atom stereocenters. The maximum atomic E-state index is 12.5. The average Bonchev–Trinajstić information content (AvgIpc) is 3.12. The number of rotatable bonds is 15. The number of hydrogen-bond acceptors (Lipinski definition) is 6. The van der Waals surface area contributed by atoms with Crippen LogP contribution in [0.1, 0.15) is 49.9 Å². The van der Waals surface area contributed by atoms with E-state index >= 15 is 0 Å². The Kier molecular flexibility index (Phi) is 16.9. The van der Waals surface area contributed by atoms with Crippen LogP contribution in [0.15, 0.2) is 85.5 Å². The molecular formula is C40H48F12N4O6P2. The Labute approximate surface area is 360 Å². The molecule has 0 saturated carbocycles.